The summed E-state index contributed by atoms with van der Waals surface area (Å²) in [6, 6.07) is 64.7. The fourth-order valence-corrected chi connectivity index (χ4v) is 8.76. The number of benzene rings is 9. The van der Waals surface area contributed by atoms with Crippen molar-refractivity contribution >= 4 is 60.2 Å². The Labute approximate surface area is 301 Å². The summed E-state index contributed by atoms with van der Waals surface area (Å²) in [6.07, 6.45) is 2.04. The lowest BCUT2D eigenvalue weighted by atomic mass is 9.83. The highest BCUT2D eigenvalue weighted by atomic mass is 15.0. The molecule has 2 heteroatoms. The first-order valence-corrected chi connectivity index (χ1v) is 18.0. The maximum atomic E-state index is 4.70. The molecule has 2 nitrogen and oxygen atoms in total. The zero-order chi connectivity index (χ0) is 34.2. The maximum Gasteiger partial charge on any atom is 0.0697 e. The molecule has 0 unspecified atom stereocenters. The molecular formula is C50H32N2. The van der Waals surface area contributed by atoms with Gasteiger partial charge in [0.25, 0.3) is 0 Å². The topological polar surface area (TPSA) is 17.3 Å². The molecule has 0 N–H and O–H groups in total. The van der Waals surface area contributed by atoms with Gasteiger partial charge in [-0.05, 0) is 107 Å². The molecule has 0 bridgehead atoms. The van der Waals surface area contributed by atoms with Crippen molar-refractivity contribution in [2.45, 2.75) is 6.54 Å². The van der Waals surface area contributed by atoms with Crippen molar-refractivity contribution in [3.8, 4) is 39.1 Å². The maximum absolute atomic E-state index is 4.70. The van der Waals surface area contributed by atoms with Crippen molar-refractivity contribution in [3.63, 3.8) is 0 Å². The zero-order valence-electron chi connectivity index (χ0n) is 28.4. The molecule has 0 fully saturated rings. The summed E-state index contributed by atoms with van der Waals surface area (Å²) in [5.41, 5.74) is 12.3. The lowest BCUT2D eigenvalue weighted by Gasteiger charge is -2.20. The fourth-order valence-electron chi connectivity index (χ4n) is 8.76. The predicted octanol–water partition coefficient (Wildman–Crippen LogP) is 13.2. The minimum atomic E-state index is 0.707. The third-order valence-electron chi connectivity index (χ3n) is 11.1. The molecule has 242 valence electrons. The highest BCUT2D eigenvalue weighted by Gasteiger charge is 2.22. The molecule has 0 spiro atoms. The third-order valence-corrected chi connectivity index (χ3v) is 11.1. The lowest BCUT2D eigenvalue weighted by molar-refractivity contribution is 1.09. The number of aliphatic imine (C=N–C) groups is 1. The van der Waals surface area contributed by atoms with Crippen LogP contribution in [0.4, 0.5) is 0 Å². The van der Waals surface area contributed by atoms with Gasteiger partial charge in [0.1, 0.15) is 0 Å². The van der Waals surface area contributed by atoms with E-state index in [1.165, 1.54) is 98.6 Å². The van der Waals surface area contributed by atoms with Crippen LogP contribution in [-0.4, -0.2) is 10.8 Å². The van der Waals surface area contributed by atoms with Crippen LogP contribution >= 0.6 is 0 Å². The van der Waals surface area contributed by atoms with Gasteiger partial charge in [-0.15, -0.1) is 0 Å². The van der Waals surface area contributed by atoms with E-state index in [0.29, 0.717) is 6.54 Å². The molecule has 0 aliphatic carbocycles. The first-order chi connectivity index (χ1) is 25.8. The van der Waals surface area contributed by atoms with E-state index in [4.69, 9.17) is 4.99 Å². The number of rotatable bonds is 4. The quantitative estimate of drug-likeness (QED) is 0.167. The molecule has 0 saturated carbocycles. The zero-order valence-corrected chi connectivity index (χ0v) is 28.4. The monoisotopic (exact) mass is 660 g/mol. The van der Waals surface area contributed by atoms with Gasteiger partial charge < -0.3 is 4.57 Å². The molecule has 11 rings (SSSR count). The second-order valence-electron chi connectivity index (χ2n) is 13.8. The van der Waals surface area contributed by atoms with Crippen LogP contribution in [-0.2, 0) is 6.54 Å². The largest absolute Gasteiger partial charge is 0.308 e. The van der Waals surface area contributed by atoms with E-state index in [1.807, 2.05) is 6.21 Å². The second kappa shape index (κ2) is 11.4. The van der Waals surface area contributed by atoms with E-state index in [1.54, 1.807) is 0 Å². The molecule has 9 aromatic carbocycles. The van der Waals surface area contributed by atoms with Crippen LogP contribution in [0.15, 0.2) is 181 Å². The van der Waals surface area contributed by atoms with Gasteiger partial charge in [-0.25, -0.2) is 0 Å². The SMILES string of the molecule is C1=NCc2c1n(-c1ccccc1)c1ccc(-c3ccc4c(-c5cccc6ccccc56)c5ccccc5c(-c5cccc6ccccc56)c4c3)cc21. The summed E-state index contributed by atoms with van der Waals surface area (Å²) in [4.78, 5) is 4.70. The van der Waals surface area contributed by atoms with Crippen molar-refractivity contribution in [2.24, 2.45) is 4.99 Å². The summed E-state index contributed by atoms with van der Waals surface area (Å²) in [5.74, 6) is 0. The number of hydrogen-bond donors (Lipinski definition) is 0. The third kappa shape index (κ3) is 4.28. The van der Waals surface area contributed by atoms with Crippen molar-refractivity contribution in [2.75, 3.05) is 0 Å². The smallest absolute Gasteiger partial charge is 0.0697 e. The Balaban J connectivity index is 1.23. The van der Waals surface area contributed by atoms with Gasteiger partial charge in [0.05, 0.1) is 17.8 Å². The van der Waals surface area contributed by atoms with Gasteiger partial charge in [-0.3, -0.25) is 4.99 Å². The first-order valence-electron chi connectivity index (χ1n) is 18.0. The van der Waals surface area contributed by atoms with Crippen molar-refractivity contribution in [1.29, 1.82) is 0 Å². The number of aromatic nitrogens is 1. The van der Waals surface area contributed by atoms with E-state index in [2.05, 4.69) is 180 Å². The van der Waals surface area contributed by atoms with Crippen molar-refractivity contribution in [3.05, 3.63) is 187 Å². The Morgan fingerprint density at radius 2 is 0.923 bits per heavy atom. The molecule has 1 aliphatic heterocycles. The van der Waals surface area contributed by atoms with Gasteiger partial charge in [0.15, 0.2) is 0 Å². The normalized spacial score (nSPS) is 12.5. The molecule has 1 aliphatic rings. The predicted molar refractivity (Wildman–Crippen MR) is 221 cm³/mol. The van der Waals surface area contributed by atoms with Crippen molar-refractivity contribution in [1.82, 2.24) is 4.57 Å². The van der Waals surface area contributed by atoms with Crippen LogP contribution in [0.25, 0.3) is 93.1 Å². The molecular weight excluding hydrogens is 629 g/mol. The Morgan fingerprint density at radius 1 is 0.404 bits per heavy atom. The van der Waals surface area contributed by atoms with Crippen LogP contribution in [0.2, 0.25) is 0 Å². The molecule has 0 saturated heterocycles. The van der Waals surface area contributed by atoms with Gasteiger partial charge in [-0.2, -0.15) is 0 Å². The second-order valence-corrected chi connectivity index (χ2v) is 13.8. The number of hydrogen-bond acceptors (Lipinski definition) is 1. The first kappa shape index (κ1) is 29.0. The fraction of sp³-hybridized carbons (Fsp3) is 0.0200. The molecule has 0 radical (unpaired) electrons. The molecule has 52 heavy (non-hydrogen) atoms. The Bertz CT molecular complexity index is 3080. The van der Waals surface area contributed by atoms with Crippen LogP contribution in [0.3, 0.4) is 0 Å². The summed E-state index contributed by atoms with van der Waals surface area (Å²) >= 11 is 0. The highest BCUT2D eigenvalue weighted by molar-refractivity contribution is 6.25. The summed E-state index contributed by atoms with van der Waals surface area (Å²) < 4.78 is 2.35. The summed E-state index contributed by atoms with van der Waals surface area (Å²) in [6.45, 7) is 0.707. The van der Waals surface area contributed by atoms with Crippen LogP contribution in [0, 0.1) is 0 Å². The minimum absolute atomic E-state index is 0.707. The molecule has 10 aromatic rings. The highest BCUT2D eigenvalue weighted by Crippen LogP contribution is 2.48. The van der Waals surface area contributed by atoms with E-state index >= 15 is 0 Å². The van der Waals surface area contributed by atoms with E-state index in [9.17, 15) is 0 Å². The van der Waals surface area contributed by atoms with Gasteiger partial charge in [0.2, 0.25) is 0 Å². The summed E-state index contributed by atoms with van der Waals surface area (Å²) in [5, 5.41) is 11.3. The van der Waals surface area contributed by atoms with E-state index in [-0.39, 0.29) is 0 Å². The van der Waals surface area contributed by atoms with Gasteiger partial charge in [0, 0.05) is 22.9 Å². The van der Waals surface area contributed by atoms with E-state index < -0.39 is 0 Å². The molecule has 2 heterocycles. The minimum Gasteiger partial charge on any atom is -0.308 e. The molecule has 1 aromatic heterocycles. The molecule has 0 amide bonds. The van der Waals surface area contributed by atoms with Crippen molar-refractivity contribution < 1.29 is 0 Å². The Morgan fingerprint density at radius 3 is 1.60 bits per heavy atom. The van der Waals surface area contributed by atoms with Crippen LogP contribution in [0.1, 0.15) is 11.3 Å². The molecule has 0 atom stereocenters. The standard InChI is InChI=1S/C50H32N2/c1-2-16-36(17-3-1)52-47-27-25-35(28-44(47)46-30-51-31-48(46)52)34-24-26-43-45(29-34)50(40-23-11-15-33-13-5-7-19-38(33)40)42-21-9-8-20-41(42)49(43)39-22-10-14-32-12-4-6-18-37(32)39/h1-29,31H,30H2. The van der Waals surface area contributed by atoms with Gasteiger partial charge >= 0.3 is 0 Å². The average Bonchev–Trinajstić information content (AvgIpc) is 3.81. The number of para-hydroxylation sites is 1. The average molecular weight is 661 g/mol. The van der Waals surface area contributed by atoms with E-state index in [0.717, 1.165) is 5.69 Å². The van der Waals surface area contributed by atoms with Crippen LogP contribution in [0.5, 0.6) is 0 Å². The Hall–Kier alpha value is -6.77. The number of fused-ring (bicyclic) bond motifs is 7. The lowest BCUT2D eigenvalue weighted by Crippen LogP contribution is -1.98. The van der Waals surface area contributed by atoms with Gasteiger partial charge in [-0.1, -0.05) is 146 Å². The Kier molecular flexibility index (Phi) is 6.35. The number of nitrogens with zero attached hydrogens (tertiary/aromatic N) is 2. The summed E-state index contributed by atoms with van der Waals surface area (Å²) in [7, 11) is 0. The van der Waals surface area contributed by atoms with Crippen LogP contribution < -0.4 is 0 Å².